The number of hydrogen-bond donors (Lipinski definition) is 0. The first-order valence-corrected chi connectivity index (χ1v) is 11.7. The third-order valence-electron chi connectivity index (χ3n) is 5.98. The molecule has 1 fully saturated rings. The Hall–Kier alpha value is -2.29. The van der Waals surface area contributed by atoms with E-state index in [9.17, 15) is 0 Å². The van der Waals surface area contributed by atoms with Crippen LogP contribution in [0.1, 0.15) is 31.0 Å². The van der Waals surface area contributed by atoms with Crippen LogP contribution in [0.4, 0.5) is 5.82 Å². The van der Waals surface area contributed by atoms with Crippen molar-refractivity contribution < 1.29 is 0 Å². The molecule has 0 aromatic carbocycles. The van der Waals surface area contributed by atoms with E-state index in [0.29, 0.717) is 16.8 Å². The molecule has 0 amide bonds. The fourth-order valence-electron chi connectivity index (χ4n) is 4.19. The van der Waals surface area contributed by atoms with E-state index in [2.05, 4.69) is 45.8 Å². The van der Waals surface area contributed by atoms with Gasteiger partial charge in [0.05, 0.1) is 16.3 Å². The number of allylic oxidation sites excluding steroid dienone is 1. The standard InChI is InChI=1S/C22H24ClN7S/c1-4-13-9-16-18(19(13)23)21(30-8-5-14(12-30)29(2)3)28-22(27-16)31-15-10-17-20(26-11-15)25-7-6-24-17/h6-7,10-11,14H,4-5,8-9,12H2,1-3H3/t14-/m0/s1. The smallest absolute Gasteiger partial charge is 0.194 e. The van der Waals surface area contributed by atoms with Crippen LogP contribution in [-0.4, -0.2) is 63.0 Å². The molecule has 1 aliphatic heterocycles. The Kier molecular flexibility index (Phi) is 5.54. The molecule has 0 bridgehead atoms. The summed E-state index contributed by atoms with van der Waals surface area (Å²) >= 11 is 8.31. The highest BCUT2D eigenvalue weighted by Gasteiger charge is 2.32. The lowest BCUT2D eigenvalue weighted by Gasteiger charge is -2.23. The zero-order valence-electron chi connectivity index (χ0n) is 17.8. The number of anilines is 1. The molecule has 1 atom stereocenters. The minimum atomic E-state index is 0.514. The molecule has 1 saturated heterocycles. The van der Waals surface area contributed by atoms with Crippen molar-refractivity contribution in [3.63, 3.8) is 0 Å². The van der Waals surface area contributed by atoms with E-state index in [1.165, 1.54) is 17.3 Å². The Morgan fingerprint density at radius 1 is 1.19 bits per heavy atom. The highest BCUT2D eigenvalue weighted by molar-refractivity contribution is 7.99. The van der Waals surface area contributed by atoms with Gasteiger partial charge in [0.25, 0.3) is 0 Å². The van der Waals surface area contributed by atoms with E-state index < -0.39 is 0 Å². The van der Waals surface area contributed by atoms with Crippen LogP contribution in [0.5, 0.6) is 0 Å². The molecule has 0 N–H and O–H groups in total. The van der Waals surface area contributed by atoms with Gasteiger partial charge in [-0.2, -0.15) is 0 Å². The summed E-state index contributed by atoms with van der Waals surface area (Å²) in [6, 6.07) is 2.50. The van der Waals surface area contributed by atoms with Gasteiger partial charge in [-0.15, -0.1) is 0 Å². The molecule has 9 heteroatoms. The lowest BCUT2D eigenvalue weighted by Crippen LogP contribution is -2.32. The van der Waals surface area contributed by atoms with Gasteiger partial charge in [0.15, 0.2) is 10.8 Å². The number of halogens is 1. The first-order valence-electron chi connectivity index (χ1n) is 10.5. The third-order valence-corrected chi connectivity index (χ3v) is 7.26. The maximum atomic E-state index is 6.80. The molecule has 7 nitrogen and oxygen atoms in total. The van der Waals surface area contributed by atoms with Crippen molar-refractivity contribution in [3.8, 4) is 0 Å². The second kappa shape index (κ2) is 8.33. The molecule has 31 heavy (non-hydrogen) atoms. The van der Waals surface area contributed by atoms with Crippen LogP contribution in [0.3, 0.4) is 0 Å². The molecular formula is C22H24ClN7S. The normalized spacial score (nSPS) is 18.5. The molecule has 3 aromatic heterocycles. The average molecular weight is 454 g/mol. The summed E-state index contributed by atoms with van der Waals surface area (Å²) in [5, 5.41) is 1.55. The number of aromatic nitrogens is 5. The fourth-order valence-corrected chi connectivity index (χ4v) is 5.36. The van der Waals surface area contributed by atoms with E-state index >= 15 is 0 Å². The lowest BCUT2D eigenvalue weighted by atomic mass is 10.2. The minimum Gasteiger partial charge on any atom is -0.354 e. The zero-order chi connectivity index (χ0) is 21.5. The zero-order valence-corrected chi connectivity index (χ0v) is 19.4. The monoisotopic (exact) mass is 453 g/mol. The predicted molar refractivity (Wildman–Crippen MR) is 125 cm³/mol. The minimum absolute atomic E-state index is 0.514. The van der Waals surface area contributed by atoms with Crippen LogP contribution in [-0.2, 0) is 6.42 Å². The van der Waals surface area contributed by atoms with Gasteiger partial charge in [-0.05, 0) is 50.3 Å². The quantitative estimate of drug-likeness (QED) is 0.536. The van der Waals surface area contributed by atoms with E-state index in [1.54, 1.807) is 18.6 Å². The lowest BCUT2D eigenvalue weighted by molar-refractivity contribution is 0.315. The number of likely N-dealkylation sites (N-methyl/N-ethyl adjacent to an activating group) is 1. The van der Waals surface area contributed by atoms with Crippen molar-refractivity contribution in [2.45, 2.75) is 42.3 Å². The molecule has 1 aliphatic carbocycles. The molecule has 2 aliphatic rings. The van der Waals surface area contributed by atoms with Gasteiger partial charge in [0.2, 0.25) is 0 Å². The molecule has 0 unspecified atom stereocenters. The van der Waals surface area contributed by atoms with Crippen molar-refractivity contribution in [1.82, 2.24) is 29.8 Å². The summed E-state index contributed by atoms with van der Waals surface area (Å²) in [5.74, 6) is 0.957. The Labute approximate surface area is 191 Å². The van der Waals surface area contributed by atoms with Gasteiger partial charge in [0.1, 0.15) is 11.3 Å². The van der Waals surface area contributed by atoms with Crippen LogP contribution < -0.4 is 4.90 Å². The Morgan fingerprint density at radius 3 is 2.81 bits per heavy atom. The first kappa shape index (κ1) is 20.6. The first-order chi connectivity index (χ1) is 15.0. The average Bonchev–Trinajstić information content (AvgIpc) is 3.38. The Balaban J connectivity index is 1.52. The Morgan fingerprint density at radius 2 is 2.03 bits per heavy atom. The van der Waals surface area contributed by atoms with Gasteiger partial charge >= 0.3 is 0 Å². The van der Waals surface area contributed by atoms with Gasteiger partial charge < -0.3 is 9.80 Å². The number of pyridine rings is 1. The van der Waals surface area contributed by atoms with E-state index in [4.69, 9.17) is 21.6 Å². The highest BCUT2D eigenvalue weighted by Crippen LogP contribution is 2.43. The van der Waals surface area contributed by atoms with Crippen LogP contribution in [0, 0.1) is 0 Å². The van der Waals surface area contributed by atoms with Gasteiger partial charge in [-0.3, -0.25) is 4.98 Å². The largest absolute Gasteiger partial charge is 0.354 e. The molecule has 0 saturated carbocycles. The van der Waals surface area contributed by atoms with Crippen LogP contribution in [0.25, 0.3) is 16.2 Å². The number of rotatable bonds is 5. The van der Waals surface area contributed by atoms with Crippen LogP contribution in [0.2, 0.25) is 0 Å². The summed E-state index contributed by atoms with van der Waals surface area (Å²) in [4.78, 5) is 28.5. The maximum Gasteiger partial charge on any atom is 0.194 e. The Bertz CT molecular complexity index is 1180. The summed E-state index contributed by atoms with van der Waals surface area (Å²) in [5.41, 5.74) is 4.68. The summed E-state index contributed by atoms with van der Waals surface area (Å²) in [6.07, 6.45) is 7.96. The predicted octanol–water partition coefficient (Wildman–Crippen LogP) is 4.02. The van der Waals surface area contributed by atoms with Gasteiger partial charge in [-0.1, -0.05) is 18.5 Å². The van der Waals surface area contributed by atoms with Crippen molar-refractivity contribution in [1.29, 1.82) is 0 Å². The SMILES string of the molecule is CCC1=C(Cl)c2c(nc(Sc3cnc4nccnc4c3)nc2N2CC[C@H](N(C)C)C2)C1. The van der Waals surface area contributed by atoms with E-state index in [-0.39, 0.29) is 0 Å². The maximum absolute atomic E-state index is 6.80. The number of nitrogens with zero attached hydrogens (tertiary/aromatic N) is 7. The van der Waals surface area contributed by atoms with E-state index in [1.807, 2.05) is 6.07 Å². The molecule has 0 spiro atoms. The molecule has 5 rings (SSSR count). The van der Waals surface area contributed by atoms with Crippen LogP contribution in [0.15, 0.2) is 40.3 Å². The van der Waals surface area contributed by atoms with Gasteiger partial charge in [0, 0.05) is 49.0 Å². The summed E-state index contributed by atoms with van der Waals surface area (Å²) in [6.45, 7) is 4.06. The molecule has 4 heterocycles. The third kappa shape index (κ3) is 3.88. The number of hydrogen-bond acceptors (Lipinski definition) is 8. The topological polar surface area (TPSA) is 70.9 Å². The van der Waals surface area contributed by atoms with E-state index in [0.717, 1.165) is 64.9 Å². The fraction of sp³-hybridized carbons (Fsp3) is 0.409. The second-order valence-corrected chi connectivity index (χ2v) is 9.54. The van der Waals surface area contributed by atoms with Crippen molar-refractivity contribution in [2.75, 3.05) is 32.1 Å². The van der Waals surface area contributed by atoms with Gasteiger partial charge in [-0.25, -0.2) is 19.9 Å². The molecule has 160 valence electrons. The highest BCUT2D eigenvalue weighted by atomic mass is 35.5. The summed E-state index contributed by atoms with van der Waals surface area (Å²) in [7, 11) is 4.27. The second-order valence-electron chi connectivity index (χ2n) is 8.12. The summed E-state index contributed by atoms with van der Waals surface area (Å²) < 4.78 is 0. The molecular weight excluding hydrogens is 430 g/mol. The van der Waals surface area contributed by atoms with Crippen molar-refractivity contribution in [3.05, 3.63) is 41.5 Å². The van der Waals surface area contributed by atoms with Crippen molar-refractivity contribution >= 4 is 45.4 Å². The molecule has 0 radical (unpaired) electrons. The van der Waals surface area contributed by atoms with Crippen molar-refractivity contribution in [2.24, 2.45) is 0 Å². The molecule has 3 aromatic rings. The number of fused-ring (bicyclic) bond motifs is 2. The van der Waals surface area contributed by atoms with Crippen LogP contribution >= 0.6 is 23.4 Å².